The number of hydrogen-bond acceptors (Lipinski definition) is 2. The first-order valence-corrected chi connectivity index (χ1v) is 10.2. The molecule has 31 heavy (non-hydrogen) atoms. The molecule has 5 nitrogen and oxygen atoms in total. The standard InChI is InChI=1S/C23H16Cl2FN3O2/c24-17-7-3-15(4-8-17)21-20(27-22(30)16-5-9-18(25)10-6-16)23(31)28-29(21)13-14-1-11-19(26)12-2-14/h1-13,20-21H,(H-,27,28,30,31)/p+1/b29-13-/t20-,21+/m0/s1. The van der Waals surface area contributed by atoms with Gasteiger partial charge in [0, 0.05) is 26.7 Å². The maximum Gasteiger partial charge on any atom is 0.304 e. The molecule has 3 aromatic rings. The van der Waals surface area contributed by atoms with Gasteiger partial charge < -0.3 is 5.32 Å². The number of hydrazone groups is 1. The fourth-order valence-corrected chi connectivity index (χ4v) is 3.63. The average Bonchev–Trinajstić information content (AvgIpc) is 3.05. The third-order valence-corrected chi connectivity index (χ3v) is 5.40. The lowest BCUT2D eigenvalue weighted by Gasteiger charge is -2.15. The van der Waals surface area contributed by atoms with Gasteiger partial charge in [0.25, 0.3) is 5.91 Å². The van der Waals surface area contributed by atoms with Crippen LogP contribution in [0.25, 0.3) is 0 Å². The van der Waals surface area contributed by atoms with Gasteiger partial charge in [-0.05, 0) is 60.7 Å². The third kappa shape index (κ3) is 4.76. The van der Waals surface area contributed by atoms with Crippen LogP contribution in [0.5, 0.6) is 0 Å². The van der Waals surface area contributed by atoms with Crippen molar-refractivity contribution in [3.8, 4) is 0 Å². The predicted molar refractivity (Wildman–Crippen MR) is 117 cm³/mol. The first-order chi connectivity index (χ1) is 14.9. The number of hydrogen-bond donors (Lipinski definition) is 2. The molecule has 2 amide bonds. The number of halogens is 3. The first kappa shape index (κ1) is 21.0. The smallest absolute Gasteiger partial charge is 0.304 e. The Labute approximate surface area is 188 Å². The summed E-state index contributed by atoms with van der Waals surface area (Å²) in [6, 6.07) is 17.8. The molecule has 0 bridgehead atoms. The number of benzene rings is 3. The Morgan fingerprint density at radius 1 is 0.935 bits per heavy atom. The maximum atomic E-state index is 13.3. The maximum absolute atomic E-state index is 13.3. The van der Waals surface area contributed by atoms with Crippen LogP contribution in [-0.2, 0) is 4.79 Å². The van der Waals surface area contributed by atoms with Gasteiger partial charge in [-0.15, -0.1) is 10.1 Å². The quantitative estimate of drug-likeness (QED) is 0.579. The Kier molecular flexibility index (Phi) is 6.02. The van der Waals surface area contributed by atoms with E-state index in [1.165, 1.54) is 12.1 Å². The summed E-state index contributed by atoms with van der Waals surface area (Å²) in [6.07, 6.45) is 1.69. The normalized spacial score (nSPS) is 19.3. The van der Waals surface area contributed by atoms with Crippen molar-refractivity contribution >= 4 is 41.2 Å². The monoisotopic (exact) mass is 456 g/mol. The van der Waals surface area contributed by atoms with E-state index in [0.29, 0.717) is 21.2 Å². The minimum absolute atomic E-state index is 0.357. The van der Waals surface area contributed by atoms with Crippen LogP contribution in [0.15, 0.2) is 72.8 Å². The molecule has 2 atom stereocenters. The first-order valence-electron chi connectivity index (χ1n) is 9.42. The summed E-state index contributed by atoms with van der Waals surface area (Å²) in [5.41, 5.74) is 4.61. The van der Waals surface area contributed by atoms with Gasteiger partial charge in [0.2, 0.25) is 12.3 Å². The van der Waals surface area contributed by atoms with Crippen LogP contribution < -0.4 is 10.7 Å². The van der Waals surface area contributed by atoms with E-state index < -0.39 is 18.0 Å². The number of amides is 2. The summed E-state index contributed by atoms with van der Waals surface area (Å²) < 4.78 is 14.9. The topological polar surface area (TPSA) is 61.2 Å². The van der Waals surface area contributed by atoms with Gasteiger partial charge in [-0.2, -0.15) is 0 Å². The van der Waals surface area contributed by atoms with Gasteiger partial charge in [-0.3, -0.25) is 9.59 Å². The summed E-state index contributed by atoms with van der Waals surface area (Å²) >= 11 is 11.9. The summed E-state index contributed by atoms with van der Waals surface area (Å²) in [7, 11) is 0. The molecule has 0 aliphatic carbocycles. The van der Waals surface area contributed by atoms with Crippen LogP contribution >= 0.6 is 23.2 Å². The fraction of sp³-hybridized carbons (Fsp3) is 0.0870. The van der Waals surface area contributed by atoms with Crippen molar-refractivity contribution < 1.29 is 18.7 Å². The van der Waals surface area contributed by atoms with Gasteiger partial charge in [-0.1, -0.05) is 35.3 Å². The molecule has 0 radical (unpaired) electrons. The van der Waals surface area contributed by atoms with Crippen molar-refractivity contribution in [1.29, 1.82) is 0 Å². The van der Waals surface area contributed by atoms with Crippen LogP contribution in [0.4, 0.5) is 4.39 Å². The number of nitrogens with one attached hydrogen (secondary N) is 2. The molecule has 1 aliphatic rings. The van der Waals surface area contributed by atoms with E-state index in [4.69, 9.17) is 23.2 Å². The van der Waals surface area contributed by atoms with Crippen LogP contribution in [0.3, 0.4) is 0 Å². The molecule has 1 saturated heterocycles. The van der Waals surface area contributed by atoms with Crippen LogP contribution in [-0.4, -0.2) is 28.8 Å². The Bertz CT molecular complexity index is 1150. The van der Waals surface area contributed by atoms with Crippen LogP contribution in [0.2, 0.25) is 10.0 Å². The number of hydrazine groups is 1. The number of carbonyl (C=O) groups excluding carboxylic acids is 2. The Balaban J connectivity index is 1.69. The molecule has 0 saturated carbocycles. The van der Waals surface area contributed by atoms with Crippen molar-refractivity contribution in [2.24, 2.45) is 0 Å². The van der Waals surface area contributed by atoms with Gasteiger partial charge in [-0.25, -0.2) is 4.39 Å². The number of carbonyl (C=O) groups is 2. The second kappa shape index (κ2) is 8.88. The highest BCUT2D eigenvalue weighted by Gasteiger charge is 2.47. The number of nitrogens with zero attached hydrogens (tertiary/aromatic N) is 1. The average molecular weight is 457 g/mol. The summed E-state index contributed by atoms with van der Waals surface area (Å²) in [6.45, 7) is 0. The van der Waals surface area contributed by atoms with Crippen LogP contribution in [0.1, 0.15) is 27.5 Å². The predicted octanol–water partition coefficient (Wildman–Crippen LogP) is 4.15. The Hall–Kier alpha value is -3.22. The molecule has 2 N–H and O–H groups in total. The molecule has 1 fully saturated rings. The van der Waals surface area contributed by atoms with E-state index >= 15 is 0 Å². The minimum Gasteiger partial charge on any atom is -0.334 e. The zero-order valence-electron chi connectivity index (χ0n) is 16.1. The van der Waals surface area contributed by atoms with Crippen molar-refractivity contribution in [2.75, 3.05) is 0 Å². The number of rotatable bonds is 4. The third-order valence-electron chi connectivity index (χ3n) is 4.90. The van der Waals surface area contributed by atoms with Crippen molar-refractivity contribution in [1.82, 2.24) is 10.7 Å². The molecule has 0 aromatic heterocycles. The summed E-state index contributed by atoms with van der Waals surface area (Å²) in [5.74, 6) is -1.13. The lowest BCUT2D eigenvalue weighted by molar-refractivity contribution is -0.596. The zero-order chi connectivity index (χ0) is 22.0. The summed E-state index contributed by atoms with van der Waals surface area (Å²) in [5, 5.41) is 3.86. The van der Waals surface area contributed by atoms with Crippen LogP contribution in [0, 0.1) is 5.82 Å². The Morgan fingerprint density at radius 3 is 2.13 bits per heavy atom. The van der Waals surface area contributed by atoms with E-state index in [1.807, 2.05) is 0 Å². The molecule has 1 heterocycles. The highest BCUT2D eigenvalue weighted by Crippen LogP contribution is 2.27. The van der Waals surface area contributed by atoms with Gasteiger partial charge in [0.05, 0.1) is 0 Å². The highest BCUT2D eigenvalue weighted by atomic mass is 35.5. The van der Waals surface area contributed by atoms with Gasteiger partial charge in [0.15, 0.2) is 6.04 Å². The minimum atomic E-state index is -0.874. The van der Waals surface area contributed by atoms with E-state index in [-0.39, 0.29) is 11.7 Å². The second-order valence-electron chi connectivity index (χ2n) is 7.02. The van der Waals surface area contributed by atoms with E-state index in [0.717, 1.165) is 5.56 Å². The molecule has 0 unspecified atom stereocenters. The molecule has 8 heteroatoms. The lowest BCUT2D eigenvalue weighted by Crippen LogP contribution is -2.42. The van der Waals surface area contributed by atoms with Crippen molar-refractivity contribution in [3.05, 3.63) is 105 Å². The highest BCUT2D eigenvalue weighted by molar-refractivity contribution is 6.30. The van der Waals surface area contributed by atoms with Crippen molar-refractivity contribution in [2.45, 2.75) is 12.1 Å². The molecule has 4 rings (SSSR count). The van der Waals surface area contributed by atoms with E-state index in [2.05, 4.69) is 10.7 Å². The largest absolute Gasteiger partial charge is 0.334 e. The second-order valence-corrected chi connectivity index (χ2v) is 7.89. The van der Waals surface area contributed by atoms with Gasteiger partial charge >= 0.3 is 5.91 Å². The van der Waals surface area contributed by atoms with Crippen molar-refractivity contribution in [3.63, 3.8) is 0 Å². The Morgan fingerprint density at radius 2 is 1.52 bits per heavy atom. The molecular formula is C23H17Cl2FN3O2+. The van der Waals surface area contributed by atoms with Gasteiger partial charge in [0.1, 0.15) is 5.82 Å². The SMILES string of the molecule is O=C(N[C@@H]1C(=O)N/[N+](=C\c2ccc(F)cc2)[C@@H]1c1ccc(Cl)cc1)c1ccc(Cl)cc1. The molecule has 0 spiro atoms. The fourth-order valence-electron chi connectivity index (χ4n) is 3.38. The molecule has 156 valence electrons. The molecular weight excluding hydrogens is 440 g/mol. The zero-order valence-corrected chi connectivity index (χ0v) is 17.6. The molecule has 3 aromatic carbocycles. The van der Waals surface area contributed by atoms with E-state index in [1.54, 1.807) is 71.6 Å². The lowest BCUT2D eigenvalue weighted by atomic mass is 10.00. The molecule has 1 aliphatic heterocycles. The summed E-state index contributed by atoms with van der Waals surface area (Å²) in [4.78, 5) is 25.6. The van der Waals surface area contributed by atoms with E-state index in [9.17, 15) is 14.0 Å².